The molecule has 2 fully saturated rings. The van der Waals surface area contributed by atoms with Crippen molar-refractivity contribution in [3.8, 4) is 0 Å². The molecule has 2 aliphatic rings. The van der Waals surface area contributed by atoms with E-state index in [1.165, 1.54) is 37.7 Å². The predicted molar refractivity (Wildman–Crippen MR) is 124 cm³/mol. The van der Waals surface area contributed by atoms with Crippen LogP contribution in [0, 0.1) is 5.92 Å². The average molecular weight is 413 g/mol. The first-order chi connectivity index (χ1) is 14.3. The Kier molecular flexibility index (Phi) is 8.13. The quantitative estimate of drug-likeness (QED) is 0.555. The summed E-state index contributed by atoms with van der Waals surface area (Å²) < 4.78 is 5.38. The van der Waals surface area contributed by atoms with Gasteiger partial charge in [0.15, 0.2) is 0 Å². The Bertz CT molecular complexity index is 699. The van der Waals surface area contributed by atoms with Crippen molar-refractivity contribution in [1.82, 2.24) is 10.6 Å². The molecular weight excluding hydrogens is 372 g/mol. The van der Waals surface area contributed by atoms with Gasteiger partial charge in [-0.2, -0.15) is 0 Å². The number of benzene rings is 1. The van der Waals surface area contributed by atoms with Crippen molar-refractivity contribution in [2.45, 2.75) is 96.4 Å². The summed E-state index contributed by atoms with van der Waals surface area (Å²) in [6.45, 7) is 8.73. The molecule has 2 N–H and O–H groups in total. The van der Waals surface area contributed by atoms with Crippen LogP contribution in [-0.2, 0) is 9.53 Å². The van der Waals surface area contributed by atoms with E-state index < -0.39 is 5.60 Å². The van der Waals surface area contributed by atoms with Gasteiger partial charge < -0.3 is 15.4 Å². The third-order valence-electron chi connectivity index (χ3n) is 6.19. The summed E-state index contributed by atoms with van der Waals surface area (Å²) in [5.74, 6) is 0.597. The maximum atomic E-state index is 11.8. The zero-order chi connectivity index (χ0) is 21.6. The molecular formula is C26H40N2O2. The summed E-state index contributed by atoms with van der Waals surface area (Å²) in [5.41, 5.74) is 2.50. The van der Waals surface area contributed by atoms with Crippen LogP contribution in [0.1, 0.15) is 78.2 Å². The molecule has 0 bridgehead atoms. The van der Waals surface area contributed by atoms with E-state index in [1.54, 1.807) is 5.57 Å². The van der Waals surface area contributed by atoms with Crippen LogP contribution in [-0.4, -0.2) is 36.2 Å². The molecule has 2 atom stereocenters. The highest BCUT2D eigenvalue weighted by molar-refractivity contribution is 5.70. The van der Waals surface area contributed by atoms with E-state index in [9.17, 15) is 4.79 Å². The Morgan fingerprint density at radius 3 is 2.40 bits per heavy atom. The lowest BCUT2D eigenvalue weighted by Gasteiger charge is -2.30. The van der Waals surface area contributed by atoms with Gasteiger partial charge in [0.2, 0.25) is 0 Å². The van der Waals surface area contributed by atoms with E-state index in [-0.39, 0.29) is 5.97 Å². The Morgan fingerprint density at radius 2 is 1.77 bits per heavy atom. The number of ether oxygens (including phenoxy) is 1. The minimum absolute atomic E-state index is 0.111. The second-order valence-corrected chi connectivity index (χ2v) is 9.94. The highest BCUT2D eigenvalue weighted by atomic mass is 16.6. The van der Waals surface area contributed by atoms with Crippen LogP contribution in [0.4, 0.5) is 0 Å². The van der Waals surface area contributed by atoms with Crippen molar-refractivity contribution in [3.63, 3.8) is 0 Å². The summed E-state index contributed by atoms with van der Waals surface area (Å²) in [4.78, 5) is 11.8. The van der Waals surface area contributed by atoms with Crippen LogP contribution in [0.5, 0.6) is 0 Å². The number of hydrogen-bond acceptors (Lipinski definition) is 4. The van der Waals surface area contributed by atoms with E-state index in [1.807, 2.05) is 20.8 Å². The minimum atomic E-state index is -0.393. The van der Waals surface area contributed by atoms with E-state index >= 15 is 0 Å². The monoisotopic (exact) mass is 412 g/mol. The van der Waals surface area contributed by atoms with Gasteiger partial charge >= 0.3 is 5.97 Å². The third-order valence-corrected chi connectivity index (χ3v) is 6.19. The second-order valence-electron chi connectivity index (χ2n) is 9.94. The number of carbonyl (C=O) groups excluding carboxylic acids is 1. The number of hydrogen-bond donors (Lipinski definition) is 2. The minimum Gasteiger partial charge on any atom is -0.460 e. The zero-order valence-electron chi connectivity index (χ0n) is 19.2. The molecule has 0 radical (unpaired) electrons. The lowest BCUT2D eigenvalue weighted by Crippen LogP contribution is -2.41. The molecule has 4 nitrogen and oxygen atoms in total. The van der Waals surface area contributed by atoms with Crippen LogP contribution >= 0.6 is 0 Å². The summed E-state index contributed by atoms with van der Waals surface area (Å²) >= 11 is 0. The van der Waals surface area contributed by atoms with Crippen LogP contribution < -0.4 is 10.6 Å². The number of nitrogens with one attached hydrogen (secondary N) is 2. The van der Waals surface area contributed by atoms with Gasteiger partial charge in [0.05, 0.1) is 6.42 Å². The molecule has 2 saturated carbocycles. The van der Waals surface area contributed by atoms with Crippen LogP contribution in [0.2, 0.25) is 0 Å². The highest BCUT2D eigenvalue weighted by Gasteiger charge is 2.40. The second kappa shape index (κ2) is 10.6. The maximum absolute atomic E-state index is 11.8. The average Bonchev–Trinajstić information content (AvgIpc) is 3.46. The fourth-order valence-corrected chi connectivity index (χ4v) is 4.56. The molecule has 0 spiro atoms. The van der Waals surface area contributed by atoms with Gasteiger partial charge in [0, 0.05) is 24.7 Å². The van der Waals surface area contributed by atoms with Gasteiger partial charge in [-0.3, -0.25) is 4.79 Å². The third kappa shape index (κ3) is 7.55. The SMILES string of the molecule is CCC(=Cc1ccccc1)C1C[C@@H]1NC1CCC(NCCC(=O)OC(C)(C)C)CC1. The van der Waals surface area contributed by atoms with Gasteiger partial charge in [0.25, 0.3) is 0 Å². The number of esters is 1. The molecule has 2 aliphatic carbocycles. The zero-order valence-corrected chi connectivity index (χ0v) is 19.2. The molecule has 1 aromatic carbocycles. The molecule has 30 heavy (non-hydrogen) atoms. The van der Waals surface area contributed by atoms with Crippen molar-refractivity contribution in [2.75, 3.05) is 6.54 Å². The van der Waals surface area contributed by atoms with E-state index in [0.717, 1.165) is 6.42 Å². The van der Waals surface area contributed by atoms with Gasteiger partial charge in [-0.1, -0.05) is 48.9 Å². The number of carbonyl (C=O) groups is 1. The molecule has 0 aromatic heterocycles. The lowest BCUT2D eigenvalue weighted by molar-refractivity contribution is -0.154. The Hall–Kier alpha value is -1.65. The largest absolute Gasteiger partial charge is 0.460 e. The van der Waals surface area contributed by atoms with Gasteiger partial charge in [-0.05, 0) is 70.8 Å². The summed E-state index contributed by atoms with van der Waals surface area (Å²) in [5, 5.41) is 7.47. The molecule has 1 aromatic rings. The molecule has 0 aliphatic heterocycles. The molecule has 0 saturated heterocycles. The fourth-order valence-electron chi connectivity index (χ4n) is 4.56. The van der Waals surface area contributed by atoms with E-state index in [0.29, 0.717) is 37.0 Å². The molecule has 3 rings (SSSR count). The van der Waals surface area contributed by atoms with Crippen molar-refractivity contribution in [3.05, 3.63) is 41.5 Å². The van der Waals surface area contributed by atoms with Gasteiger partial charge in [-0.25, -0.2) is 0 Å². The molecule has 0 heterocycles. The Morgan fingerprint density at radius 1 is 1.10 bits per heavy atom. The van der Waals surface area contributed by atoms with E-state index in [4.69, 9.17) is 4.74 Å². The van der Waals surface area contributed by atoms with Gasteiger partial charge in [0.1, 0.15) is 5.60 Å². The highest BCUT2D eigenvalue weighted by Crippen LogP contribution is 2.40. The van der Waals surface area contributed by atoms with Crippen molar-refractivity contribution in [2.24, 2.45) is 5.92 Å². The summed E-state index contributed by atoms with van der Waals surface area (Å²) in [6, 6.07) is 12.5. The van der Waals surface area contributed by atoms with E-state index in [2.05, 4.69) is 54.0 Å². The van der Waals surface area contributed by atoms with Gasteiger partial charge in [-0.15, -0.1) is 0 Å². The predicted octanol–water partition coefficient (Wildman–Crippen LogP) is 5.09. The van der Waals surface area contributed by atoms with Crippen LogP contribution in [0.15, 0.2) is 35.9 Å². The molecule has 4 heteroatoms. The van der Waals surface area contributed by atoms with Crippen molar-refractivity contribution >= 4 is 12.0 Å². The first-order valence-electron chi connectivity index (χ1n) is 11.8. The topological polar surface area (TPSA) is 50.4 Å². The normalized spacial score (nSPS) is 27.0. The Balaban J connectivity index is 1.34. The summed E-state index contributed by atoms with van der Waals surface area (Å²) in [6.07, 6.45) is 10.1. The first-order valence-corrected chi connectivity index (χ1v) is 11.8. The van der Waals surface area contributed by atoms with Crippen molar-refractivity contribution < 1.29 is 9.53 Å². The standard InChI is InChI=1S/C26H40N2O2/c1-5-20(17-19-9-7-6-8-10-19)23-18-24(23)28-22-13-11-21(12-14-22)27-16-15-25(29)30-26(2,3)4/h6-10,17,21-24,27-28H,5,11-16,18H2,1-4H3/t21?,22?,23?,24-/m0/s1. The molecule has 1 unspecified atom stereocenters. The maximum Gasteiger partial charge on any atom is 0.307 e. The lowest BCUT2D eigenvalue weighted by atomic mass is 9.91. The fraction of sp³-hybridized carbons (Fsp3) is 0.654. The summed E-state index contributed by atoms with van der Waals surface area (Å²) in [7, 11) is 0. The molecule has 166 valence electrons. The van der Waals surface area contributed by atoms with Crippen LogP contribution in [0.25, 0.3) is 6.08 Å². The molecule has 0 amide bonds. The smallest absolute Gasteiger partial charge is 0.307 e. The van der Waals surface area contributed by atoms with Crippen LogP contribution in [0.3, 0.4) is 0 Å². The Labute approximate surface area is 182 Å². The van der Waals surface area contributed by atoms with Crippen molar-refractivity contribution in [1.29, 1.82) is 0 Å². The number of rotatable bonds is 9. The first kappa shape index (κ1) is 23.0.